The molecule has 7 nitrogen and oxygen atoms in total. The normalized spacial score (nSPS) is 14.7. The van der Waals surface area contributed by atoms with Gasteiger partial charge in [-0.1, -0.05) is 36.1 Å². The van der Waals surface area contributed by atoms with Crippen LogP contribution < -0.4 is 0 Å². The van der Waals surface area contributed by atoms with Gasteiger partial charge in [0.15, 0.2) is 23.9 Å². The van der Waals surface area contributed by atoms with E-state index >= 15 is 0 Å². The zero-order chi connectivity index (χ0) is 21.1. The minimum atomic E-state index is -0.745. The van der Waals surface area contributed by atoms with E-state index in [1.165, 1.54) is 25.0 Å². The van der Waals surface area contributed by atoms with Crippen LogP contribution >= 0.6 is 12.4 Å². The number of halogens is 1. The molecule has 2 heterocycles. The molecule has 160 valence electrons. The van der Waals surface area contributed by atoms with Crippen molar-refractivity contribution in [1.29, 1.82) is 0 Å². The first-order valence-corrected chi connectivity index (χ1v) is 9.74. The topological polar surface area (TPSA) is 93.9 Å². The van der Waals surface area contributed by atoms with Crippen molar-refractivity contribution < 1.29 is 28.3 Å². The lowest BCUT2D eigenvalue weighted by atomic mass is 9.88. The van der Waals surface area contributed by atoms with E-state index in [0.717, 1.165) is 13.1 Å². The molecule has 0 radical (unpaired) electrons. The van der Waals surface area contributed by atoms with Gasteiger partial charge in [0, 0.05) is 11.1 Å². The zero-order valence-corrected chi connectivity index (χ0v) is 17.5. The van der Waals surface area contributed by atoms with Crippen LogP contribution in [0.5, 0.6) is 0 Å². The smallest absolute Gasteiger partial charge is 0.314 e. The predicted octanol–water partition coefficient (Wildman–Crippen LogP) is 2.69. The molecule has 4 rings (SSSR count). The van der Waals surface area contributed by atoms with Crippen molar-refractivity contribution in [3.8, 4) is 11.8 Å². The summed E-state index contributed by atoms with van der Waals surface area (Å²) in [4.78, 5) is 51.6. The molecule has 1 aromatic heterocycles. The van der Waals surface area contributed by atoms with E-state index in [9.17, 15) is 19.2 Å². The first-order chi connectivity index (χ1) is 14.5. The molecule has 2 aromatic rings. The van der Waals surface area contributed by atoms with Crippen LogP contribution in [0.4, 0.5) is 0 Å². The van der Waals surface area contributed by atoms with Crippen molar-refractivity contribution in [2.45, 2.75) is 19.3 Å². The average Bonchev–Trinajstić information content (AvgIpc) is 3.42. The second-order valence-electron chi connectivity index (χ2n) is 7.15. The van der Waals surface area contributed by atoms with Crippen LogP contribution in [0.25, 0.3) is 0 Å². The Morgan fingerprint density at radius 3 is 2.39 bits per heavy atom. The van der Waals surface area contributed by atoms with Crippen LogP contribution in [-0.2, 0) is 9.53 Å². The monoisotopic (exact) mass is 441 g/mol. The van der Waals surface area contributed by atoms with Gasteiger partial charge in [0.05, 0.1) is 12.1 Å². The predicted molar refractivity (Wildman–Crippen MR) is 113 cm³/mol. The first kappa shape index (κ1) is 22.5. The fourth-order valence-electron chi connectivity index (χ4n) is 3.56. The Morgan fingerprint density at radius 1 is 1.00 bits per heavy atom. The van der Waals surface area contributed by atoms with Crippen molar-refractivity contribution in [3.05, 3.63) is 58.5 Å². The van der Waals surface area contributed by atoms with Crippen LogP contribution in [0.3, 0.4) is 0 Å². The fraction of sp³-hybridized carbons (Fsp3) is 0.304. The number of rotatable bonds is 5. The maximum absolute atomic E-state index is 12.6. The van der Waals surface area contributed by atoms with Crippen molar-refractivity contribution in [2.24, 2.45) is 0 Å². The maximum Gasteiger partial charge on any atom is 0.314 e. The van der Waals surface area contributed by atoms with Gasteiger partial charge >= 0.3 is 5.97 Å². The second kappa shape index (κ2) is 9.73. The number of ketones is 3. The highest BCUT2D eigenvalue weighted by Gasteiger charge is 2.34. The highest BCUT2D eigenvalue weighted by molar-refractivity contribution is 6.28. The summed E-state index contributed by atoms with van der Waals surface area (Å²) >= 11 is 0. The molecule has 31 heavy (non-hydrogen) atoms. The van der Waals surface area contributed by atoms with E-state index in [-0.39, 0.29) is 53.0 Å². The third-order valence-electron chi connectivity index (χ3n) is 5.11. The minimum Gasteiger partial charge on any atom is -0.452 e. The number of ether oxygens (including phenoxy) is 1. The molecule has 2 aliphatic rings. The molecule has 1 fully saturated rings. The molecule has 0 saturated carbocycles. The molecule has 8 heteroatoms. The molecule has 0 N–H and O–H groups in total. The molecule has 0 amide bonds. The van der Waals surface area contributed by atoms with Crippen LogP contribution in [0.2, 0.25) is 0 Å². The molecule has 1 aliphatic heterocycles. The third kappa shape index (κ3) is 4.76. The Morgan fingerprint density at radius 2 is 1.68 bits per heavy atom. The van der Waals surface area contributed by atoms with Crippen LogP contribution in [0.1, 0.15) is 61.9 Å². The number of hydrogen-bond donors (Lipinski definition) is 0. The summed E-state index contributed by atoms with van der Waals surface area (Å²) in [6.45, 7) is 2.61. The second-order valence-corrected chi connectivity index (χ2v) is 7.15. The summed E-state index contributed by atoms with van der Waals surface area (Å²) in [5.74, 6) is 3.04. The zero-order valence-electron chi connectivity index (χ0n) is 16.6. The van der Waals surface area contributed by atoms with Gasteiger partial charge in [-0.2, -0.15) is 0 Å². The largest absolute Gasteiger partial charge is 0.452 e. The van der Waals surface area contributed by atoms with E-state index in [0.29, 0.717) is 6.54 Å². The highest BCUT2D eigenvalue weighted by atomic mass is 35.5. The van der Waals surface area contributed by atoms with Gasteiger partial charge in [-0.15, -0.1) is 12.4 Å². The lowest BCUT2D eigenvalue weighted by Crippen LogP contribution is -2.19. The molecule has 0 bridgehead atoms. The summed E-state index contributed by atoms with van der Waals surface area (Å²) in [5.41, 5.74) is 0.528. The summed E-state index contributed by atoms with van der Waals surface area (Å²) in [7, 11) is 0. The minimum absolute atomic E-state index is 0. The van der Waals surface area contributed by atoms with Crippen LogP contribution in [0.15, 0.2) is 34.7 Å². The number of nitrogens with zero attached hydrogens (tertiary/aromatic N) is 1. The lowest BCUT2D eigenvalue weighted by molar-refractivity contribution is -0.141. The Kier molecular flexibility index (Phi) is 7.06. The molecule has 1 saturated heterocycles. The fourth-order valence-corrected chi connectivity index (χ4v) is 3.56. The van der Waals surface area contributed by atoms with E-state index in [4.69, 9.17) is 9.15 Å². The van der Waals surface area contributed by atoms with Gasteiger partial charge in [0.1, 0.15) is 6.42 Å². The van der Waals surface area contributed by atoms with E-state index < -0.39 is 24.0 Å². The SMILES string of the molecule is Cl.O=C(CC(=O)c1cc2c(o1)C(=O)c1ccccc1C2=O)OCC#CCN1CCCC1. The maximum atomic E-state index is 12.6. The first-order valence-electron chi connectivity index (χ1n) is 9.74. The van der Waals surface area contributed by atoms with Crippen molar-refractivity contribution in [1.82, 2.24) is 4.90 Å². The van der Waals surface area contributed by atoms with Gasteiger partial charge in [0.2, 0.25) is 11.6 Å². The van der Waals surface area contributed by atoms with Gasteiger partial charge < -0.3 is 9.15 Å². The van der Waals surface area contributed by atoms with Crippen LogP contribution in [0, 0.1) is 11.8 Å². The van der Waals surface area contributed by atoms with Crippen molar-refractivity contribution >= 4 is 35.7 Å². The summed E-state index contributed by atoms with van der Waals surface area (Å²) in [6.07, 6.45) is 1.80. The number of Topliss-reactive ketones (excluding diaryl/α,β-unsaturated/α-hetero) is 1. The van der Waals surface area contributed by atoms with Crippen LogP contribution in [-0.4, -0.2) is 54.5 Å². The number of carbonyl (C=O) groups is 4. The Hall–Kier alpha value is -3.21. The molecule has 1 aliphatic carbocycles. The Bertz CT molecular complexity index is 1050. The standard InChI is InChI=1S/C23H19NO6.ClH/c25-18(14-20(26)29-12-6-5-11-24-9-3-4-10-24)19-13-17-21(27)15-7-1-2-8-16(15)22(28)23(17)30-19;/h1-2,7-8,13H,3-4,9-12,14H2;1H. The summed E-state index contributed by atoms with van der Waals surface area (Å²) in [6, 6.07) is 7.61. The van der Waals surface area contributed by atoms with E-state index in [1.54, 1.807) is 18.2 Å². The molecule has 0 spiro atoms. The van der Waals surface area contributed by atoms with Crippen molar-refractivity contribution in [2.75, 3.05) is 26.2 Å². The van der Waals surface area contributed by atoms with Gasteiger partial charge in [-0.3, -0.25) is 24.1 Å². The number of benzene rings is 1. The highest BCUT2D eigenvalue weighted by Crippen LogP contribution is 2.30. The third-order valence-corrected chi connectivity index (χ3v) is 5.11. The van der Waals surface area contributed by atoms with Crippen molar-refractivity contribution in [3.63, 3.8) is 0 Å². The molecule has 0 unspecified atom stereocenters. The Labute approximate surface area is 185 Å². The van der Waals surface area contributed by atoms with E-state index in [1.807, 2.05) is 0 Å². The number of furan rings is 1. The summed E-state index contributed by atoms with van der Waals surface area (Å²) in [5, 5.41) is 0. The lowest BCUT2D eigenvalue weighted by Gasteiger charge is -2.11. The Balaban J connectivity index is 0.00000272. The van der Waals surface area contributed by atoms with Gasteiger partial charge in [-0.05, 0) is 32.0 Å². The summed E-state index contributed by atoms with van der Waals surface area (Å²) < 4.78 is 10.3. The average molecular weight is 442 g/mol. The number of likely N-dealkylation sites (tertiary alicyclic amines) is 1. The number of fused-ring (bicyclic) bond motifs is 2. The molecular formula is C23H20ClNO6. The number of hydrogen-bond acceptors (Lipinski definition) is 7. The quantitative estimate of drug-likeness (QED) is 0.260. The van der Waals surface area contributed by atoms with E-state index in [2.05, 4.69) is 16.7 Å². The molecule has 0 atom stereocenters. The number of carbonyl (C=O) groups excluding carboxylic acids is 4. The number of esters is 1. The molecule has 1 aromatic carbocycles. The van der Waals surface area contributed by atoms with Gasteiger partial charge in [-0.25, -0.2) is 0 Å². The van der Waals surface area contributed by atoms with Gasteiger partial charge in [0.25, 0.3) is 0 Å². The molecular weight excluding hydrogens is 422 g/mol.